The number of nitriles is 1. The first kappa shape index (κ1) is 20.0. The van der Waals surface area contributed by atoms with Crippen molar-refractivity contribution in [1.82, 2.24) is 9.80 Å². The molecule has 7 fully saturated rings. The molecule has 2 N–H and O–H groups in total. The lowest BCUT2D eigenvalue weighted by Crippen LogP contribution is -2.66. The van der Waals surface area contributed by atoms with Crippen LogP contribution in [-0.2, 0) is 14.3 Å². The minimum absolute atomic E-state index is 0.0319. The molecule has 6 unspecified atom stereocenters. The van der Waals surface area contributed by atoms with Gasteiger partial charge in [-0.1, -0.05) is 0 Å². The topological polar surface area (TPSA) is 99.7 Å². The first-order valence-corrected chi connectivity index (χ1v) is 12.2. The number of rotatable bonds is 4. The van der Waals surface area contributed by atoms with Gasteiger partial charge in [-0.15, -0.1) is 0 Å². The first-order valence-electron chi connectivity index (χ1n) is 12.2. The second-order valence-corrected chi connectivity index (χ2v) is 11.7. The van der Waals surface area contributed by atoms with E-state index in [9.17, 15) is 14.9 Å². The molecule has 5 saturated carbocycles. The fourth-order valence-corrected chi connectivity index (χ4v) is 8.53. The van der Waals surface area contributed by atoms with Crippen LogP contribution in [-0.4, -0.2) is 65.0 Å². The number of ether oxygens (including phenoxy) is 1. The SMILES string of the molecule is CN1CCCC1C(=O)OC12CC3C[C@H](C1)CC([C@H](N)C(=O)N1C4CC4C[C@H]1C#N)(C3)C2. The Labute approximate surface area is 184 Å². The van der Waals surface area contributed by atoms with Crippen LogP contribution in [0, 0.1) is 34.5 Å². The standard InChI is InChI=1S/C24H34N4O3/c1-27-4-2-3-18(27)22(30)31-24-10-14-5-15(11-24)9-23(8-14,13-24)20(26)21(29)28-17(12-25)6-16-7-19(16)28/h14-20H,2-11,13,26H2,1H3/t14-,15?,16?,17-,18?,19?,20+,23?,24?/m0/s1. The van der Waals surface area contributed by atoms with Crippen molar-refractivity contribution >= 4 is 11.9 Å². The lowest BCUT2D eigenvalue weighted by Gasteiger charge is -2.62. The molecule has 1 amide bonds. The summed E-state index contributed by atoms with van der Waals surface area (Å²) < 4.78 is 6.34. The van der Waals surface area contributed by atoms with E-state index in [0.29, 0.717) is 24.2 Å². The Kier molecular flexibility index (Phi) is 4.31. The number of likely N-dealkylation sites (tertiary alicyclic amines) is 2. The number of carbonyl (C=O) groups excluding carboxylic acids is 2. The normalized spacial score (nSPS) is 48.4. The summed E-state index contributed by atoms with van der Waals surface area (Å²) in [7, 11) is 2.00. The summed E-state index contributed by atoms with van der Waals surface area (Å²) >= 11 is 0. The molecule has 0 radical (unpaired) electrons. The summed E-state index contributed by atoms with van der Waals surface area (Å²) in [4.78, 5) is 30.6. The highest BCUT2D eigenvalue weighted by atomic mass is 16.6. The van der Waals surface area contributed by atoms with Crippen LogP contribution in [0.1, 0.15) is 64.2 Å². The molecule has 4 bridgehead atoms. The fourth-order valence-electron chi connectivity index (χ4n) is 8.53. The molecule has 0 spiro atoms. The van der Waals surface area contributed by atoms with Gasteiger partial charge in [-0.05, 0) is 101 Å². The van der Waals surface area contributed by atoms with Crippen molar-refractivity contribution in [2.24, 2.45) is 28.9 Å². The minimum Gasteiger partial charge on any atom is -0.458 e. The molecule has 5 aliphatic carbocycles. The third-order valence-corrected chi connectivity index (χ3v) is 9.60. The maximum atomic E-state index is 13.6. The summed E-state index contributed by atoms with van der Waals surface area (Å²) in [5.74, 6) is 1.34. The molecule has 0 aromatic carbocycles. The Morgan fingerprint density at radius 2 is 1.90 bits per heavy atom. The van der Waals surface area contributed by atoms with Crippen LogP contribution in [0.5, 0.6) is 0 Å². The maximum absolute atomic E-state index is 13.6. The summed E-state index contributed by atoms with van der Waals surface area (Å²) in [6.07, 6.45) is 9.36. The molecule has 0 aromatic heterocycles. The van der Waals surface area contributed by atoms with Crippen LogP contribution in [0.15, 0.2) is 0 Å². The van der Waals surface area contributed by atoms with Gasteiger partial charge in [0.25, 0.3) is 0 Å². The van der Waals surface area contributed by atoms with Gasteiger partial charge in [0.1, 0.15) is 17.7 Å². The molecule has 7 aliphatic rings. The average molecular weight is 427 g/mol. The zero-order valence-electron chi connectivity index (χ0n) is 18.5. The van der Waals surface area contributed by atoms with Gasteiger partial charge in [-0.3, -0.25) is 14.5 Å². The zero-order chi connectivity index (χ0) is 21.5. The molecular formula is C24H34N4O3. The van der Waals surface area contributed by atoms with E-state index in [1.165, 1.54) is 6.42 Å². The van der Waals surface area contributed by atoms with Crippen LogP contribution < -0.4 is 5.73 Å². The van der Waals surface area contributed by atoms with E-state index < -0.39 is 11.6 Å². The highest BCUT2D eigenvalue weighted by Crippen LogP contribution is 2.64. The number of nitrogens with zero attached hydrogens (tertiary/aromatic N) is 3. The molecule has 7 rings (SSSR count). The minimum atomic E-state index is -0.596. The fraction of sp³-hybridized carbons (Fsp3) is 0.875. The monoisotopic (exact) mass is 426 g/mol. The van der Waals surface area contributed by atoms with Crippen molar-refractivity contribution in [2.45, 2.75) is 94.0 Å². The number of likely N-dealkylation sites (N-methyl/N-ethyl adjacent to an activating group) is 1. The molecule has 2 saturated heterocycles. The summed E-state index contributed by atoms with van der Waals surface area (Å²) in [5, 5.41) is 9.56. The predicted octanol–water partition coefficient (Wildman–Crippen LogP) is 1.80. The van der Waals surface area contributed by atoms with Crippen LogP contribution in [0.2, 0.25) is 0 Å². The maximum Gasteiger partial charge on any atom is 0.323 e. The molecule has 9 atom stereocenters. The second kappa shape index (κ2) is 6.68. The van der Waals surface area contributed by atoms with E-state index in [2.05, 4.69) is 11.0 Å². The molecule has 7 nitrogen and oxygen atoms in total. The number of esters is 1. The molecular weight excluding hydrogens is 392 g/mol. The Morgan fingerprint density at radius 3 is 2.55 bits per heavy atom. The number of amides is 1. The molecule has 7 heteroatoms. The summed E-state index contributed by atoms with van der Waals surface area (Å²) in [6.45, 7) is 0.944. The van der Waals surface area contributed by atoms with Crippen molar-refractivity contribution < 1.29 is 14.3 Å². The lowest BCUT2D eigenvalue weighted by atomic mass is 9.46. The van der Waals surface area contributed by atoms with Gasteiger partial charge < -0.3 is 15.4 Å². The number of hydrogen-bond acceptors (Lipinski definition) is 6. The Morgan fingerprint density at radius 1 is 1.16 bits per heavy atom. The zero-order valence-corrected chi connectivity index (χ0v) is 18.5. The predicted molar refractivity (Wildman–Crippen MR) is 112 cm³/mol. The van der Waals surface area contributed by atoms with E-state index >= 15 is 0 Å². The van der Waals surface area contributed by atoms with Gasteiger partial charge in [0, 0.05) is 6.04 Å². The van der Waals surface area contributed by atoms with E-state index in [1.807, 2.05) is 11.9 Å². The van der Waals surface area contributed by atoms with Gasteiger partial charge in [0.2, 0.25) is 5.91 Å². The van der Waals surface area contributed by atoms with Crippen LogP contribution >= 0.6 is 0 Å². The molecule has 0 aromatic rings. The van der Waals surface area contributed by atoms with Crippen LogP contribution in [0.25, 0.3) is 0 Å². The Hall–Kier alpha value is -1.65. The molecule has 31 heavy (non-hydrogen) atoms. The lowest BCUT2D eigenvalue weighted by molar-refractivity contribution is -0.209. The van der Waals surface area contributed by atoms with Gasteiger partial charge in [-0.25, -0.2) is 0 Å². The third-order valence-electron chi connectivity index (χ3n) is 9.60. The van der Waals surface area contributed by atoms with E-state index in [1.54, 1.807) is 0 Å². The van der Waals surface area contributed by atoms with Gasteiger partial charge in [0.15, 0.2) is 0 Å². The van der Waals surface area contributed by atoms with Crippen LogP contribution in [0.3, 0.4) is 0 Å². The Bertz CT molecular complexity index is 838. The largest absolute Gasteiger partial charge is 0.458 e. The van der Waals surface area contributed by atoms with Crippen LogP contribution in [0.4, 0.5) is 0 Å². The summed E-state index contributed by atoms with van der Waals surface area (Å²) in [6, 6.07) is 1.51. The van der Waals surface area contributed by atoms with Gasteiger partial charge in [0.05, 0.1) is 12.1 Å². The number of carbonyl (C=O) groups is 2. The average Bonchev–Trinajstić information content (AvgIpc) is 3.16. The highest BCUT2D eigenvalue weighted by molar-refractivity contribution is 5.84. The van der Waals surface area contributed by atoms with Crippen molar-refractivity contribution in [3.63, 3.8) is 0 Å². The molecule has 2 aliphatic heterocycles. The van der Waals surface area contributed by atoms with E-state index in [-0.39, 0.29) is 35.4 Å². The quantitative estimate of drug-likeness (QED) is 0.688. The second-order valence-electron chi connectivity index (χ2n) is 11.7. The van der Waals surface area contributed by atoms with E-state index in [4.69, 9.17) is 10.5 Å². The van der Waals surface area contributed by atoms with Crippen molar-refractivity contribution in [1.29, 1.82) is 5.26 Å². The highest BCUT2D eigenvalue weighted by Gasteiger charge is 2.64. The number of piperidine rings is 1. The number of fused-ring (bicyclic) bond motifs is 1. The summed E-state index contributed by atoms with van der Waals surface area (Å²) in [5.41, 5.74) is 6.03. The van der Waals surface area contributed by atoms with Gasteiger partial charge >= 0.3 is 5.97 Å². The third kappa shape index (κ3) is 2.97. The van der Waals surface area contributed by atoms with Crippen molar-refractivity contribution in [2.75, 3.05) is 13.6 Å². The molecule has 2 heterocycles. The number of hydrogen-bond donors (Lipinski definition) is 1. The first-order chi connectivity index (χ1) is 14.8. The van der Waals surface area contributed by atoms with Gasteiger partial charge in [-0.2, -0.15) is 5.26 Å². The Balaban J connectivity index is 1.24. The smallest absolute Gasteiger partial charge is 0.323 e. The number of nitrogens with two attached hydrogens (primary N) is 1. The van der Waals surface area contributed by atoms with Crippen molar-refractivity contribution in [3.8, 4) is 6.07 Å². The van der Waals surface area contributed by atoms with Crippen molar-refractivity contribution in [3.05, 3.63) is 0 Å². The molecule has 168 valence electrons. The van der Waals surface area contributed by atoms with E-state index in [0.717, 1.165) is 57.9 Å².